The summed E-state index contributed by atoms with van der Waals surface area (Å²) in [5.74, 6) is -0.759. The highest BCUT2D eigenvalue weighted by molar-refractivity contribution is 5.73. The van der Waals surface area contributed by atoms with Gasteiger partial charge in [-0.15, -0.1) is 0 Å². The third-order valence-electron chi connectivity index (χ3n) is 3.32. The minimum absolute atomic E-state index is 0.159. The molecule has 4 heteroatoms. The Hall–Kier alpha value is -1.55. The van der Waals surface area contributed by atoms with E-state index in [4.69, 9.17) is 5.73 Å². The van der Waals surface area contributed by atoms with Crippen molar-refractivity contribution in [3.63, 3.8) is 0 Å². The molecule has 19 heavy (non-hydrogen) atoms. The number of hydrogen-bond acceptors (Lipinski definition) is 3. The summed E-state index contributed by atoms with van der Waals surface area (Å²) in [5, 5.41) is 9.40. The highest BCUT2D eigenvalue weighted by Crippen LogP contribution is 2.19. The largest absolute Gasteiger partial charge is 0.480 e. The maximum Gasteiger partial charge on any atom is 0.320 e. The molecule has 0 bridgehead atoms. The van der Waals surface area contributed by atoms with Gasteiger partial charge >= 0.3 is 5.97 Å². The van der Waals surface area contributed by atoms with Crippen LogP contribution in [0.4, 0.5) is 5.69 Å². The maximum atomic E-state index is 11.4. The molecular formula is C15H24N2O2. The van der Waals surface area contributed by atoms with Gasteiger partial charge in [-0.2, -0.15) is 0 Å². The Balaban J connectivity index is 2.94. The van der Waals surface area contributed by atoms with Crippen LogP contribution in [0.2, 0.25) is 0 Å². The van der Waals surface area contributed by atoms with Crippen molar-refractivity contribution < 1.29 is 9.90 Å². The third-order valence-corrected chi connectivity index (χ3v) is 3.32. The minimum atomic E-state index is -0.759. The Morgan fingerprint density at radius 1 is 1.37 bits per heavy atom. The van der Waals surface area contributed by atoms with Gasteiger partial charge in [-0.25, -0.2) is 0 Å². The van der Waals surface area contributed by atoms with Crippen molar-refractivity contribution in [2.75, 3.05) is 5.73 Å². The molecule has 0 aliphatic carbocycles. The SMILES string of the molecule is CCCC(C(=O)O)N(Cc1ccccc1N)C(C)C. The van der Waals surface area contributed by atoms with Crippen LogP contribution in [-0.4, -0.2) is 28.1 Å². The number of anilines is 1. The fraction of sp³-hybridized carbons (Fsp3) is 0.533. The molecule has 3 N–H and O–H groups in total. The molecule has 106 valence electrons. The van der Waals surface area contributed by atoms with Crippen LogP contribution in [0.15, 0.2) is 24.3 Å². The van der Waals surface area contributed by atoms with Crippen LogP contribution >= 0.6 is 0 Å². The van der Waals surface area contributed by atoms with Gasteiger partial charge in [0.2, 0.25) is 0 Å². The molecule has 0 saturated heterocycles. The number of carbonyl (C=O) groups is 1. The molecule has 0 aromatic heterocycles. The monoisotopic (exact) mass is 264 g/mol. The highest BCUT2D eigenvalue weighted by atomic mass is 16.4. The molecule has 1 unspecified atom stereocenters. The Morgan fingerprint density at radius 3 is 2.47 bits per heavy atom. The molecule has 1 aromatic carbocycles. The van der Waals surface area contributed by atoms with E-state index in [-0.39, 0.29) is 6.04 Å². The zero-order valence-electron chi connectivity index (χ0n) is 12.0. The third kappa shape index (κ3) is 4.24. The van der Waals surface area contributed by atoms with E-state index in [1.807, 2.05) is 49.9 Å². The van der Waals surface area contributed by atoms with Crippen molar-refractivity contribution >= 4 is 11.7 Å². The van der Waals surface area contributed by atoms with E-state index in [9.17, 15) is 9.90 Å². The average Bonchev–Trinajstić information content (AvgIpc) is 2.35. The summed E-state index contributed by atoms with van der Waals surface area (Å²) in [6.45, 7) is 6.61. The van der Waals surface area contributed by atoms with Crippen molar-refractivity contribution in [2.45, 2.75) is 52.2 Å². The van der Waals surface area contributed by atoms with Crippen molar-refractivity contribution in [3.8, 4) is 0 Å². The molecule has 0 fully saturated rings. The summed E-state index contributed by atoms with van der Waals surface area (Å²) in [6.07, 6.45) is 1.50. The van der Waals surface area contributed by atoms with E-state index in [0.717, 1.165) is 12.0 Å². The second kappa shape index (κ2) is 7.14. The number of nitrogens with two attached hydrogens (primary N) is 1. The van der Waals surface area contributed by atoms with Crippen LogP contribution in [0.5, 0.6) is 0 Å². The molecule has 4 nitrogen and oxygen atoms in total. The fourth-order valence-electron chi connectivity index (χ4n) is 2.23. The zero-order chi connectivity index (χ0) is 14.4. The second-order valence-electron chi connectivity index (χ2n) is 5.11. The van der Waals surface area contributed by atoms with Crippen molar-refractivity contribution in [1.82, 2.24) is 4.90 Å². The topological polar surface area (TPSA) is 66.6 Å². The predicted molar refractivity (Wildman–Crippen MR) is 77.9 cm³/mol. The van der Waals surface area contributed by atoms with E-state index in [2.05, 4.69) is 0 Å². The lowest BCUT2D eigenvalue weighted by molar-refractivity contribution is -0.144. The Bertz CT molecular complexity index is 418. The number of carboxylic acid groups (broad SMARTS) is 1. The number of aliphatic carboxylic acids is 1. The van der Waals surface area contributed by atoms with Crippen LogP contribution in [-0.2, 0) is 11.3 Å². The summed E-state index contributed by atoms with van der Waals surface area (Å²) < 4.78 is 0. The van der Waals surface area contributed by atoms with Crippen molar-refractivity contribution in [3.05, 3.63) is 29.8 Å². The van der Waals surface area contributed by atoms with E-state index in [1.54, 1.807) is 0 Å². The molecule has 0 aliphatic rings. The average molecular weight is 264 g/mol. The summed E-state index contributed by atoms with van der Waals surface area (Å²) in [6, 6.07) is 7.33. The van der Waals surface area contributed by atoms with E-state index in [0.29, 0.717) is 18.7 Å². The molecule has 0 amide bonds. The summed E-state index contributed by atoms with van der Waals surface area (Å²) in [4.78, 5) is 13.4. The number of nitrogens with zero attached hydrogens (tertiary/aromatic N) is 1. The predicted octanol–water partition coefficient (Wildman–Crippen LogP) is 2.73. The minimum Gasteiger partial charge on any atom is -0.480 e. The fourth-order valence-corrected chi connectivity index (χ4v) is 2.23. The van der Waals surface area contributed by atoms with Gasteiger partial charge in [0, 0.05) is 18.3 Å². The Kier molecular flexibility index (Phi) is 5.83. The quantitative estimate of drug-likeness (QED) is 0.743. The van der Waals surface area contributed by atoms with Gasteiger partial charge in [-0.05, 0) is 31.9 Å². The molecular weight excluding hydrogens is 240 g/mol. The van der Waals surface area contributed by atoms with Gasteiger partial charge in [0.15, 0.2) is 0 Å². The molecule has 0 radical (unpaired) electrons. The number of carboxylic acids is 1. The van der Waals surface area contributed by atoms with Crippen molar-refractivity contribution in [2.24, 2.45) is 0 Å². The van der Waals surface area contributed by atoms with E-state index < -0.39 is 12.0 Å². The van der Waals surface area contributed by atoms with Crippen molar-refractivity contribution in [1.29, 1.82) is 0 Å². The molecule has 0 saturated carbocycles. The highest BCUT2D eigenvalue weighted by Gasteiger charge is 2.27. The molecule has 0 aliphatic heterocycles. The number of benzene rings is 1. The Labute approximate surface area is 115 Å². The first kappa shape index (κ1) is 15.5. The lowest BCUT2D eigenvalue weighted by Gasteiger charge is -2.32. The maximum absolute atomic E-state index is 11.4. The lowest BCUT2D eigenvalue weighted by atomic mass is 10.1. The van der Waals surface area contributed by atoms with E-state index >= 15 is 0 Å². The normalized spacial score (nSPS) is 12.9. The number of para-hydroxylation sites is 1. The van der Waals surface area contributed by atoms with Crippen LogP contribution in [0.3, 0.4) is 0 Å². The number of nitrogen functional groups attached to an aromatic ring is 1. The molecule has 0 heterocycles. The first-order chi connectivity index (χ1) is 8.97. The van der Waals surface area contributed by atoms with Gasteiger partial charge in [0.1, 0.15) is 6.04 Å². The second-order valence-corrected chi connectivity index (χ2v) is 5.11. The standard InChI is InChI=1S/C15H24N2O2/c1-4-7-14(15(18)19)17(11(2)3)10-12-8-5-6-9-13(12)16/h5-6,8-9,11,14H,4,7,10,16H2,1-3H3,(H,18,19). The molecule has 1 atom stereocenters. The van der Waals surface area contributed by atoms with Crippen LogP contribution in [0, 0.1) is 0 Å². The molecule has 0 spiro atoms. The number of rotatable bonds is 7. The van der Waals surface area contributed by atoms with E-state index in [1.165, 1.54) is 0 Å². The first-order valence-electron chi connectivity index (χ1n) is 6.79. The smallest absolute Gasteiger partial charge is 0.320 e. The first-order valence-corrected chi connectivity index (χ1v) is 6.79. The van der Waals surface area contributed by atoms with Crippen LogP contribution in [0.1, 0.15) is 39.2 Å². The summed E-state index contributed by atoms with van der Waals surface area (Å²) in [5.41, 5.74) is 7.65. The lowest BCUT2D eigenvalue weighted by Crippen LogP contribution is -2.44. The summed E-state index contributed by atoms with van der Waals surface area (Å²) >= 11 is 0. The van der Waals surface area contributed by atoms with Gasteiger partial charge < -0.3 is 10.8 Å². The van der Waals surface area contributed by atoms with Gasteiger partial charge in [-0.1, -0.05) is 31.5 Å². The number of hydrogen-bond donors (Lipinski definition) is 2. The van der Waals surface area contributed by atoms with Crippen LogP contribution in [0.25, 0.3) is 0 Å². The molecule has 1 rings (SSSR count). The molecule has 1 aromatic rings. The van der Waals surface area contributed by atoms with Gasteiger partial charge in [0.05, 0.1) is 0 Å². The zero-order valence-corrected chi connectivity index (χ0v) is 12.0. The van der Waals surface area contributed by atoms with Gasteiger partial charge in [0.25, 0.3) is 0 Å². The summed E-state index contributed by atoms with van der Waals surface area (Å²) in [7, 11) is 0. The van der Waals surface area contributed by atoms with Crippen LogP contribution < -0.4 is 5.73 Å². The Morgan fingerprint density at radius 2 is 2.00 bits per heavy atom. The van der Waals surface area contributed by atoms with Gasteiger partial charge in [-0.3, -0.25) is 9.69 Å².